The van der Waals surface area contributed by atoms with Crippen molar-refractivity contribution in [3.8, 4) is 0 Å². The van der Waals surface area contributed by atoms with Crippen LogP contribution in [0.4, 0.5) is 0 Å². The number of hydrogen-bond acceptors (Lipinski definition) is 4. The highest BCUT2D eigenvalue weighted by Gasteiger charge is 2.28. The van der Waals surface area contributed by atoms with Gasteiger partial charge in [-0.3, -0.25) is 9.59 Å². The molecule has 1 aromatic heterocycles. The molecular formula is C17H18N2O3. The first-order chi connectivity index (χ1) is 10.6. The van der Waals surface area contributed by atoms with Gasteiger partial charge in [-0.25, -0.2) is 5.10 Å². The van der Waals surface area contributed by atoms with E-state index in [0.29, 0.717) is 19.3 Å². The van der Waals surface area contributed by atoms with Gasteiger partial charge in [0.25, 0.3) is 5.56 Å². The summed E-state index contributed by atoms with van der Waals surface area (Å²) in [7, 11) is 0. The van der Waals surface area contributed by atoms with E-state index in [0.717, 1.165) is 22.4 Å². The fraction of sp³-hybridized carbons (Fsp3) is 0.353. The van der Waals surface area contributed by atoms with Gasteiger partial charge in [-0.05, 0) is 37.3 Å². The lowest BCUT2D eigenvalue weighted by molar-refractivity contribution is -0.150. The minimum Gasteiger partial charge on any atom is -0.461 e. The van der Waals surface area contributed by atoms with E-state index in [4.69, 9.17) is 4.74 Å². The van der Waals surface area contributed by atoms with Crippen LogP contribution in [-0.4, -0.2) is 16.2 Å². The van der Waals surface area contributed by atoms with E-state index in [1.165, 1.54) is 0 Å². The number of esters is 1. The molecule has 0 bridgehead atoms. The number of H-pyrrole nitrogens is 1. The van der Waals surface area contributed by atoms with E-state index in [9.17, 15) is 9.59 Å². The van der Waals surface area contributed by atoms with Gasteiger partial charge in [-0.2, -0.15) is 5.10 Å². The Labute approximate surface area is 128 Å². The van der Waals surface area contributed by atoms with Crippen molar-refractivity contribution < 1.29 is 9.53 Å². The van der Waals surface area contributed by atoms with Crippen LogP contribution in [0.3, 0.4) is 0 Å². The third-order valence-electron chi connectivity index (χ3n) is 4.15. The number of ether oxygens (including phenoxy) is 1. The molecule has 1 aliphatic carbocycles. The van der Waals surface area contributed by atoms with Gasteiger partial charge in [-0.15, -0.1) is 0 Å². The van der Waals surface area contributed by atoms with Gasteiger partial charge in [0, 0.05) is 5.56 Å². The standard InChI is InChI=1S/C17H18N2O3/c1-11-15-9-13(7-8-14(15)16(20)19-18-11)17(21)22-10-12-5-3-2-4-6-12/h2-6,13H,7-10H2,1H3,(H,19,20). The summed E-state index contributed by atoms with van der Waals surface area (Å²) in [5.41, 5.74) is 3.28. The molecular weight excluding hydrogens is 280 g/mol. The summed E-state index contributed by atoms with van der Waals surface area (Å²) in [6.07, 6.45) is 1.78. The fourth-order valence-electron chi connectivity index (χ4n) is 2.88. The smallest absolute Gasteiger partial charge is 0.309 e. The lowest BCUT2D eigenvalue weighted by Gasteiger charge is -2.23. The van der Waals surface area contributed by atoms with Crippen LogP contribution in [0.1, 0.15) is 28.8 Å². The number of fused-ring (bicyclic) bond motifs is 1. The molecule has 5 heteroatoms. The summed E-state index contributed by atoms with van der Waals surface area (Å²) in [5.74, 6) is -0.396. The molecule has 0 amide bonds. The van der Waals surface area contributed by atoms with Crippen LogP contribution in [0.5, 0.6) is 0 Å². The summed E-state index contributed by atoms with van der Waals surface area (Å²) in [5, 5.41) is 6.49. The summed E-state index contributed by atoms with van der Waals surface area (Å²) in [6.45, 7) is 2.14. The van der Waals surface area contributed by atoms with E-state index < -0.39 is 0 Å². The average molecular weight is 298 g/mol. The van der Waals surface area contributed by atoms with Crippen LogP contribution in [0.2, 0.25) is 0 Å². The number of nitrogens with zero attached hydrogens (tertiary/aromatic N) is 1. The van der Waals surface area contributed by atoms with Crippen molar-refractivity contribution in [3.05, 3.63) is 63.1 Å². The topological polar surface area (TPSA) is 72.0 Å². The Hall–Kier alpha value is -2.43. The zero-order valence-electron chi connectivity index (χ0n) is 12.5. The highest BCUT2D eigenvalue weighted by atomic mass is 16.5. The van der Waals surface area contributed by atoms with Gasteiger partial charge >= 0.3 is 5.97 Å². The number of rotatable bonds is 3. The lowest BCUT2D eigenvalue weighted by atomic mass is 9.84. The molecule has 1 N–H and O–H groups in total. The molecule has 1 unspecified atom stereocenters. The monoisotopic (exact) mass is 298 g/mol. The average Bonchev–Trinajstić information content (AvgIpc) is 2.57. The Morgan fingerprint density at radius 2 is 2.09 bits per heavy atom. The number of aromatic amines is 1. The predicted molar refractivity (Wildman–Crippen MR) is 81.3 cm³/mol. The van der Waals surface area contributed by atoms with E-state index >= 15 is 0 Å². The lowest BCUT2D eigenvalue weighted by Crippen LogP contribution is -2.30. The van der Waals surface area contributed by atoms with E-state index in [1.807, 2.05) is 37.3 Å². The Kier molecular flexibility index (Phi) is 4.04. The summed E-state index contributed by atoms with van der Waals surface area (Å²) in [4.78, 5) is 24.0. The van der Waals surface area contributed by atoms with Crippen LogP contribution in [0, 0.1) is 12.8 Å². The largest absolute Gasteiger partial charge is 0.461 e. The van der Waals surface area contributed by atoms with Gasteiger partial charge in [0.2, 0.25) is 0 Å². The molecule has 0 saturated carbocycles. The minimum atomic E-state index is -0.200. The van der Waals surface area contributed by atoms with Crippen LogP contribution in [0.25, 0.3) is 0 Å². The van der Waals surface area contributed by atoms with Gasteiger partial charge in [0.1, 0.15) is 6.61 Å². The number of carbonyl (C=O) groups is 1. The van der Waals surface area contributed by atoms with Crippen LogP contribution >= 0.6 is 0 Å². The molecule has 1 aromatic carbocycles. The van der Waals surface area contributed by atoms with Gasteiger partial charge in [-0.1, -0.05) is 30.3 Å². The van der Waals surface area contributed by atoms with E-state index in [-0.39, 0.29) is 24.1 Å². The second-order valence-electron chi connectivity index (χ2n) is 5.63. The SMILES string of the molecule is Cc1n[nH]c(=O)c2c1CC(C(=O)OCc1ccccc1)CC2. The second-order valence-corrected chi connectivity index (χ2v) is 5.63. The zero-order chi connectivity index (χ0) is 15.5. The summed E-state index contributed by atoms with van der Waals surface area (Å²) < 4.78 is 5.41. The molecule has 0 radical (unpaired) electrons. The Bertz CT molecular complexity index is 737. The minimum absolute atomic E-state index is 0.142. The van der Waals surface area contributed by atoms with Crippen molar-refractivity contribution in [3.63, 3.8) is 0 Å². The molecule has 0 saturated heterocycles. The number of hydrogen-bond donors (Lipinski definition) is 1. The molecule has 1 atom stereocenters. The molecule has 22 heavy (non-hydrogen) atoms. The Morgan fingerprint density at radius 3 is 2.86 bits per heavy atom. The summed E-state index contributed by atoms with van der Waals surface area (Å²) in [6, 6.07) is 9.62. The van der Waals surface area contributed by atoms with Crippen molar-refractivity contribution in [2.24, 2.45) is 5.92 Å². The first-order valence-corrected chi connectivity index (χ1v) is 7.42. The third-order valence-corrected chi connectivity index (χ3v) is 4.15. The van der Waals surface area contributed by atoms with Crippen LogP contribution in [-0.2, 0) is 29.0 Å². The molecule has 1 aliphatic rings. The predicted octanol–water partition coefficient (Wildman–Crippen LogP) is 1.93. The van der Waals surface area contributed by atoms with Gasteiger partial charge < -0.3 is 4.74 Å². The molecule has 114 valence electrons. The number of aryl methyl sites for hydroxylation is 1. The van der Waals surface area contributed by atoms with Gasteiger partial charge in [0.05, 0.1) is 11.6 Å². The maximum absolute atomic E-state index is 12.2. The normalized spacial score (nSPS) is 16.9. The maximum Gasteiger partial charge on any atom is 0.309 e. The Morgan fingerprint density at radius 1 is 1.32 bits per heavy atom. The number of carbonyl (C=O) groups excluding carboxylic acids is 1. The second kappa shape index (κ2) is 6.13. The Balaban J connectivity index is 1.68. The molecule has 0 spiro atoms. The fourth-order valence-corrected chi connectivity index (χ4v) is 2.88. The summed E-state index contributed by atoms with van der Waals surface area (Å²) >= 11 is 0. The van der Waals surface area contributed by atoms with Crippen LogP contribution < -0.4 is 5.56 Å². The number of benzene rings is 1. The van der Waals surface area contributed by atoms with E-state index in [2.05, 4.69) is 10.2 Å². The molecule has 2 aromatic rings. The number of nitrogens with one attached hydrogen (secondary N) is 1. The van der Waals surface area contributed by atoms with Gasteiger partial charge in [0.15, 0.2) is 0 Å². The maximum atomic E-state index is 12.2. The van der Waals surface area contributed by atoms with Crippen molar-refractivity contribution in [1.82, 2.24) is 10.2 Å². The third kappa shape index (κ3) is 2.93. The van der Waals surface area contributed by atoms with Crippen molar-refractivity contribution in [1.29, 1.82) is 0 Å². The van der Waals surface area contributed by atoms with Crippen LogP contribution in [0.15, 0.2) is 35.1 Å². The first kappa shape index (κ1) is 14.5. The first-order valence-electron chi connectivity index (χ1n) is 7.42. The highest BCUT2D eigenvalue weighted by Crippen LogP contribution is 2.25. The number of aromatic nitrogens is 2. The molecule has 0 aliphatic heterocycles. The van der Waals surface area contributed by atoms with Crippen molar-refractivity contribution in [2.75, 3.05) is 0 Å². The van der Waals surface area contributed by atoms with Crippen molar-refractivity contribution >= 4 is 5.97 Å². The molecule has 0 fully saturated rings. The van der Waals surface area contributed by atoms with E-state index in [1.54, 1.807) is 0 Å². The molecule has 1 heterocycles. The molecule has 3 rings (SSSR count). The highest BCUT2D eigenvalue weighted by molar-refractivity contribution is 5.73. The zero-order valence-corrected chi connectivity index (χ0v) is 12.5. The quantitative estimate of drug-likeness (QED) is 0.879. The molecule has 5 nitrogen and oxygen atoms in total. The van der Waals surface area contributed by atoms with Crippen molar-refractivity contribution in [2.45, 2.75) is 32.8 Å².